The Balaban J connectivity index is 2.52. The van der Waals surface area contributed by atoms with Gasteiger partial charge in [0, 0.05) is 15.2 Å². The average molecular weight is 340 g/mol. The molecule has 1 heterocycles. The Morgan fingerprint density at radius 1 is 1.24 bits per heavy atom. The first kappa shape index (κ1) is 12.3. The first-order valence-electron chi connectivity index (χ1n) is 5.43. The summed E-state index contributed by atoms with van der Waals surface area (Å²) in [5, 5.41) is 0. The zero-order chi connectivity index (χ0) is 12.4. The van der Waals surface area contributed by atoms with Crippen molar-refractivity contribution in [3.05, 3.63) is 49.9 Å². The molecule has 2 rings (SSSR count). The van der Waals surface area contributed by atoms with Gasteiger partial charge in [-0.05, 0) is 40.6 Å². The molecule has 17 heavy (non-hydrogen) atoms. The maximum atomic E-state index is 11.6. The van der Waals surface area contributed by atoms with E-state index in [9.17, 15) is 4.79 Å². The lowest BCUT2D eigenvalue weighted by molar-refractivity contribution is 0.812. The number of nitrogens with zero attached hydrogens (tertiary/aromatic N) is 1. The number of aromatic nitrogens is 2. The monoisotopic (exact) mass is 340 g/mol. The van der Waals surface area contributed by atoms with E-state index in [2.05, 4.69) is 32.6 Å². The van der Waals surface area contributed by atoms with E-state index in [0.29, 0.717) is 5.82 Å². The number of hydrogen-bond donors (Lipinski definition) is 1. The van der Waals surface area contributed by atoms with Gasteiger partial charge in [-0.2, -0.15) is 0 Å². The molecule has 3 nitrogen and oxygen atoms in total. The minimum Gasteiger partial charge on any atom is -0.307 e. The fraction of sp³-hybridized carbons (Fsp3) is 0.231. The van der Waals surface area contributed by atoms with Gasteiger partial charge in [-0.3, -0.25) is 4.79 Å². The predicted molar refractivity (Wildman–Crippen MR) is 77.1 cm³/mol. The Morgan fingerprint density at radius 2 is 1.88 bits per heavy atom. The van der Waals surface area contributed by atoms with E-state index in [4.69, 9.17) is 0 Å². The maximum Gasteiger partial charge on any atom is 0.251 e. The van der Waals surface area contributed by atoms with Gasteiger partial charge in [-0.1, -0.05) is 26.0 Å². The third-order valence-corrected chi connectivity index (χ3v) is 3.19. The SMILES string of the molecule is CC(C)c1cc(=O)[nH]c(-c2ccc(I)cc2)n1. The van der Waals surface area contributed by atoms with Crippen LogP contribution in [0.5, 0.6) is 0 Å². The normalized spacial score (nSPS) is 10.8. The van der Waals surface area contributed by atoms with Gasteiger partial charge < -0.3 is 4.98 Å². The molecule has 0 spiro atoms. The second-order valence-corrected chi connectivity index (χ2v) is 5.43. The van der Waals surface area contributed by atoms with Gasteiger partial charge in [-0.25, -0.2) is 4.98 Å². The van der Waals surface area contributed by atoms with Crippen LogP contribution in [-0.2, 0) is 0 Å². The highest BCUT2D eigenvalue weighted by atomic mass is 127. The highest BCUT2D eigenvalue weighted by Gasteiger charge is 2.06. The third kappa shape index (κ3) is 2.94. The van der Waals surface area contributed by atoms with Crippen LogP contribution in [0, 0.1) is 3.57 Å². The summed E-state index contributed by atoms with van der Waals surface area (Å²) in [7, 11) is 0. The minimum absolute atomic E-state index is 0.0998. The summed E-state index contributed by atoms with van der Waals surface area (Å²) in [6.45, 7) is 4.05. The molecular formula is C13H13IN2O. The van der Waals surface area contributed by atoms with Gasteiger partial charge in [0.1, 0.15) is 5.82 Å². The second kappa shape index (κ2) is 5.00. The maximum absolute atomic E-state index is 11.6. The molecule has 0 saturated heterocycles. The van der Waals surface area contributed by atoms with Crippen molar-refractivity contribution >= 4 is 22.6 Å². The molecule has 0 bridgehead atoms. The molecule has 0 aliphatic rings. The Labute approximate surface area is 113 Å². The number of rotatable bonds is 2. The molecule has 0 aliphatic carbocycles. The lowest BCUT2D eigenvalue weighted by atomic mass is 10.1. The van der Waals surface area contributed by atoms with E-state index < -0.39 is 0 Å². The fourth-order valence-corrected chi connectivity index (χ4v) is 1.88. The number of H-pyrrole nitrogens is 1. The largest absolute Gasteiger partial charge is 0.307 e. The molecule has 0 atom stereocenters. The van der Waals surface area contributed by atoms with Crippen molar-refractivity contribution in [2.75, 3.05) is 0 Å². The van der Waals surface area contributed by atoms with E-state index in [1.807, 2.05) is 38.1 Å². The molecular weight excluding hydrogens is 327 g/mol. The first-order chi connectivity index (χ1) is 8.06. The van der Waals surface area contributed by atoms with Gasteiger partial charge >= 0.3 is 0 Å². The van der Waals surface area contributed by atoms with Crippen molar-refractivity contribution in [1.29, 1.82) is 0 Å². The van der Waals surface area contributed by atoms with Crippen LogP contribution in [0.3, 0.4) is 0 Å². The Morgan fingerprint density at radius 3 is 2.47 bits per heavy atom. The van der Waals surface area contributed by atoms with Crippen molar-refractivity contribution in [1.82, 2.24) is 9.97 Å². The summed E-state index contributed by atoms with van der Waals surface area (Å²) in [4.78, 5) is 18.8. The van der Waals surface area contributed by atoms with Crippen LogP contribution >= 0.6 is 22.6 Å². The van der Waals surface area contributed by atoms with Crippen LogP contribution in [0.25, 0.3) is 11.4 Å². The lowest BCUT2D eigenvalue weighted by Crippen LogP contribution is -2.11. The highest BCUT2D eigenvalue weighted by Crippen LogP contribution is 2.17. The average Bonchev–Trinajstić information content (AvgIpc) is 2.29. The van der Waals surface area contributed by atoms with Gasteiger partial charge in [0.05, 0.1) is 5.69 Å². The zero-order valence-corrected chi connectivity index (χ0v) is 11.9. The summed E-state index contributed by atoms with van der Waals surface area (Å²) in [5.41, 5.74) is 1.66. The smallest absolute Gasteiger partial charge is 0.251 e. The number of benzene rings is 1. The third-order valence-electron chi connectivity index (χ3n) is 2.47. The Kier molecular flexibility index (Phi) is 3.61. The number of halogens is 1. The van der Waals surface area contributed by atoms with E-state index in [-0.39, 0.29) is 11.5 Å². The van der Waals surface area contributed by atoms with Crippen LogP contribution in [-0.4, -0.2) is 9.97 Å². The van der Waals surface area contributed by atoms with Gasteiger partial charge in [0.15, 0.2) is 0 Å². The summed E-state index contributed by atoms with van der Waals surface area (Å²) >= 11 is 2.25. The lowest BCUT2D eigenvalue weighted by Gasteiger charge is -2.06. The molecule has 0 radical (unpaired) electrons. The number of nitrogens with one attached hydrogen (secondary N) is 1. The standard InChI is InChI=1S/C13H13IN2O/c1-8(2)11-7-12(17)16-13(15-11)9-3-5-10(14)6-4-9/h3-8H,1-2H3,(H,15,16,17). The predicted octanol–water partition coefficient (Wildman–Crippen LogP) is 3.16. The topological polar surface area (TPSA) is 45.8 Å². The molecule has 0 fully saturated rings. The molecule has 1 N–H and O–H groups in total. The van der Waals surface area contributed by atoms with Crippen LogP contribution in [0.1, 0.15) is 25.5 Å². The van der Waals surface area contributed by atoms with E-state index in [1.165, 1.54) is 0 Å². The van der Waals surface area contributed by atoms with Crippen molar-refractivity contribution in [2.45, 2.75) is 19.8 Å². The molecule has 0 unspecified atom stereocenters. The van der Waals surface area contributed by atoms with Crippen LogP contribution in [0.4, 0.5) is 0 Å². The van der Waals surface area contributed by atoms with Gasteiger partial charge in [-0.15, -0.1) is 0 Å². The number of aromatic amines is 1. The fourth-order valence-electron chi connectivity index (χ4n) is 1.52. The molecule has 88 valence electrons. The molecule has 4 heteroatoms. The molecule has 0 aliphatic heterocycles. The molecule has 2 aromatic rings. The van der Waals surface area contributed by atoms with Gasteiger partial charge in [0.25, 0.3) is 5.56 Å². The van der Waals surface area contributed by atoms with Crippen LogP contribution < -0.4 is 5.56 Å². The van der Waals surface area contributed by atoms with Crippen LogP contribution in [0.15, 0.2) is 35.1 Å². The quantitative estimate of drug-likeness (QED) is 0.854. The minimum atomic E-state index is -0.0998. The van der Waals surface area contributed by atoms with Crippen molar-refractivity contribution in [3.8, 4) is 11.4 Å². The Bertz CT molecular complexity index is 573. The Hall–Kier alpha value is -1.17. The number of hydrogen-bond acceptors (Lipinski definition) is 2. The van der Waals surface area contributed by atoms with E-state index >= 15 is 0 Å². The highest BCUT2D eigenvalue weighted by molar-refractivity contribution is 14.1. The van der Waals surface area contributed by atoms with E-state index in [1.54, 1.807) is 6.07 Å². The zero-order valence-electron chi connectivity index (χ0n) is 9.70. The summed E-state index contributed by atoms with van der Waals surface area (Å²) in [6.07, 6.45) is 0. The van der Waals surface area contributed by atoms with Crippen molar-refractivity contribution in [3.63, 3.8) is 0 Å². The summed E-state index contributed by atoms with van der Waals surface area (Å²) < 4.78 is 1.16. The first-order valence-corrected chi connectivity index (χ1v) is 6.51. The molecule has 1 aromatic carbocycles. The van der Waals surface area contributed by atoms with Crippen molar-refractivity contribution in [2.24, 2.45) is 0 Å². The van der Waals surface area contributed by atoms with Gasteiger partial charge in [0.2, 0.25) is 0 Å². The summed E-state index contributed by atoms with van der Waals surface area (Å²) in [5.74, 6) is 0.887. The summed E-state index contributed by atoms with van der Waals surface area (Å²) in [6, 6.07) is 9.48. The molecule has 1 aromatic heterocycles. The van der Waals surface area contributed by atoms with Crippen molar-refractivity contribution < 1.29 is 0 Å². The van der Waals surface area contributed by atoms with E-state index in [0.717, 1.165) is 14.8 Å². The molecule has 0 saturated carbocycles. The molecule has 0 amide bonds. The van der Waals surface area contributed by atoms with Crippen LogP contribution in [0.2, 0.25) is 0 Å². The second-order valence-electron chi connectivity index (χ2n) is 4.18.